The van der Waals surface area contributed by atoms with Crippen LogP contribution in [0.5, 0.6) is 11.5 Å². The van der Waals surface area contributed by atoms with E-state index in [1.807, 2.05) is 0 Å². The lowest BCUT2D eigenvalue weighted by molar-refractivity contribution is -0.128. The molecule has 1 unspecified atom stereocenters. The minimum atomic E-state index is -0.809. The maximum atomic E-state index is 12.8. The number of benzene rings is 1. The molecule has 0 radical (unpaired) electrons. The summed E-state index contributed by atoms with van der Waals surface area (Å²) in [5, 5.41) is 10.3. The Hall–Kier alpha value is -3.48. The molecule has 7 nitrogen and oxygen atoms in total. The van der Waals surface area contributed by atoms with E-state index in [1.54, 1.807) is 30.3 Å². The molecule has 1 aromatic carbocycles. The van der Waals surface area contributed by atoms with Gasteiger partial charge in [0.15, 0.2) is 11.5 Å². The van der Waals surface area contributed by atoms with Crippen LogP contribution in [0.1, 0.15) is 17.4 Å². The number of hydrogen-bond donors (Lipinski definition) is 1. The van der Waals surface area contributed by atoms with Crippen molar-refractivity contribution in [3.8, 4) is 11.5 Å². The van der Waals surface area contributed by atoms with Crippen molar-refractivity contribution in [1.82, 2.24) is 4.90 Å². The van der Waals surface area contributed by atoms with Crippen LogP contribution in [0.25, 0.3) is 6.08 Å². The molecule has 0 saturated carbocycles. The molecular weight excluding hydrogens is 350 g/mol. The van der Waals surface area contributed by atoms with E-state index in [0.29, 0.717) is 22.8 Å². The van der Waals surface area contributed by atoms with Crippen LogP contribution in [0.2, 0.25) is 0 Å². The van der Waals surface area contributed by atoms with Gasteiger partial charge in [0.25, 0.3) is 5.91 Å². The number of allylic oxidation sites excluding steroid dienone is 1. The van der Waals surface area contributed by atoms with Crippen molar-refractivity contribution in [3.63, 3.8) is 0 Å². The van der Waals surface area contributed by atoms with Gasteiger partial charge in [-0.15, -0.1) is 0 Å². The molecular formula is C20H19NO6. The Morgan fingerprint density at radius 2 is 2.04 bits per heavy atom. The highest BCUT2D eigenvalue weighted by molar-refractivity contribution is 6.14. The van der Waals surface area contributed by atoms with Crippen molar-refractivity contribution in [2.45, 2.75) is 6.04 Å². The average Bonchev–Trinajstić information content (AvgIpc) is 3.28. The summed E-state index contributed by atoms with van der Waals surface area (Å²) in [5.41, 5.74) is 0.503. The number of amides is 1. The summed E-state index contributed by atoms with van der Waals surface area (Å²) in [5.74, 6) is -0.236. The minimum absolute atomic E-state index is 0.0307. The lowest BCUT2D eigenvalue weighted by Gasteiger charge is -2.24. The number of hydrogen-bond acceptors (Lipinski definition) is 6. The second-order valence-electron chi connectivity index (χ2n) is 5.90. The molecule has 1 N–H and O–H groups in total. The van der Waals surface area contributed by atoms with Crippen LogP contribution in [0, 0.1) is 0 Å². The Morgan fingerprint density at radius 1 is 1.26 bits per heavy atom. The van der Waals surface area contributed by atoms with E-state index in [2.05, 4.69) is 0 Å². The van der Waals surface area contributed by atoms with E-state index in [4.69, 9.17) is 13.9 Å². The molecule has 0 saturated heterocycles. The molecule has 0 fully saturated rings. The molecule has 1 aliphatic heterocycles. The van der Waals surface area contributed by atoms with E-state index < -0.39 is 23.5 Å². The average molecular weight is 369 g/mol. The summed E-state index contributed by atoms with van der Waals surface area (Å²) in [6, 6.07) is 7.64. The minimum Gasteiger partial charge on any atom is -0.503 e. The van der Waals surface area contributed by atoms with Crippen molar-refractivity contribution in [2.24, 2.45) is 0 Å². The number of nitrogens with zero attached hydrogens (tertiary/aromatic N) is 1. The number of furan rings is 1. The van der Waals surface area contributed by atoms with Crippen LogP contribution in [0.3, 0.4) is 0 Å². The first-order chi connectivity index (χ1) is 13.0. The van der Waals surface area contributed by atoms with Gasteiger partial charge < -0.3 is 23.9 Å². The molecule has 7 heteroatoms. The quantitative estimate of drug-likeness (QED) is 0.788. The van der Waals surface area contributed by atoms with Crippen LogP contribution >= 0.6 is 0 Å². The number of aliphatic hydroxyl groups is 1. The third kappa shape index (κ3) is 3.31. The Bertz CT molecular complexity index is 926. The predicted octanol–water partition coefficient (Wildman–Crippen LogP) is 2.90. The monoisotopic (exact) mass is 369 g/mol. The van der Waals surface area contributed by atoms with Crippen molar-refractivity contribution in [2.75, 3.05) is 21.3 Å². The van der Waals surface area contributed by atoms with Gasteiger partial charge in [0.05, 0.1) is 32.1 Å². The molecule has 2 aromatic rings. The number of ketones is 1. The van der Waals surface area contributed by atoms with Gasteiger partial charge in [-0.3, -0.25) is 9.59 Å². The van der Waals surface area contributed by atoms with E-state index in [1.165, 1.54) is 44.6 Å². The molecule has 3 rings (SSSR count). The molecule has 1 amide bonds. The zero-order chi connectivity index (χ0) is 19.6. The van der Waals surface area contributed by atoms with Gasteiger partial charge in [-0.05, 0) is 42.5 Å². The fourth-order valence-corrected chi connectivity index (χ4v) is 3.03. The summed E-state index contributed by atoms with van der Waals surface area (Å²) in [7, 11) is 4.52. The fourth-order valence-electron chi connectivity index (χ4n) is 3.03. The number of likely N-dealkylation sites (N-methyl/N-ethyl adjacent to an activating group) is 1. The summed E-state index contributed by atoms with van der Waals surface area (Å²) < 4.78 is 15.8. The molecule has 0 spiro atoms. The largest absolute Gasteiger partial charge is 0.503 e. The van der Waals surface area contributed by atoms with Crippen molar-refractivity contribution in [1.29, 1.82) is 0 Å². The first kappa shape index (κ1) is 18.3. The van der Waals surface area contributed by atoms with Crippen LogP contribution in [0.4, 0.5) is 0 Å². The molecule has 1 atom stereocenters. The molecule has 2 heterocycles. The highest BCUT2D eigenvalue weighted by Crippen LogP contribution is 2.42. The van der Waals surface area contributed by atoms with Gasteiger partial charge in [0.1, 0.15) is 17.3 Å². The zero-order valence-corrected chi connectivity index (χ0v) is 15.1. The maximum absolute atomic E-state index is 12.8. The fraction of sp³-hybridized carbons (Fsp3) is 0.200. The zero-order valence-electron chi connectivity index (χ0n) is 15.1. The highest BCUT2D eigenvalue weighted by atomic mass is 16.5. The summed E-state index contributed by atoms with van der Waals surface area (Å²) in [6.45, 7) is 0. The summed E-state index contributed by atoms with van der Waals surface area (Å²) in [6.07, 6.45) is 4.22. The van der Waals surface area contributed by atoms with E-state index in [9.17, 15) is 14.7 Å². The van der Waals surface area contributed by atoms with E-state index in [0.717, 1.165) is 0 Å². The highest BCUT2D eigenvalue weighted by Gasteiger charge is 2.42. The topological polar surface area (TPSA) is 89.2 Å². The van der Waals surface area contributed by atoms with Gasteiger partial charge in [0, 0.05) is 12.6 Å². The molecule has 0 bridgehead atoms. The number of carbonyl (C=O) groups excluding carboxylic acids is 2. The van der Waals surface area contributed by atoms with Crippen LogP contribution in [-0.4, -0.2) is 43.0 Å². The number of methoxy groups -OCH3 is 2. The van der Waals surface area contributed by atoms with Crippen molar-refractivity contribution in [3.05, 3.63) is 65.3 Å². The second-order valence-corrected chi connectivity index (χ2v) is 5.90. The first-order valence-corrected chi connectivity index (χ1v) is 8.16. The van der Waals surface area contributed by atoms with Crippen molar-refractivity contribution < 1.29 is 28.6 Å². The van der Waals surface area contributed by atoms with Crippen LogP contribution in [-0.2, 0) is 9.59 Å². The van der Waals surface area contributed by atoms with E-state index >= 15 is 0 Å². The summed E-state index contributed by atoms with van der Waals surface area (Å²) >= 11 is 0. The number of aliphatic hydroxyl groups excluding tert-OH is 1. The van der Waals surface area contributed by atoms with Gasteiger partial charge in [-0.1, -0.05) is 0 Å². The molecule has 27 heavy (non-hydrogen) atoms. The lowest BCUT2D eigenvalue weighted by atomic mass is 9.95. The standard InChI is InChI=1S/C20H19NO6/c1-21-18(14-11-13(25-2)7-9-16(14)26-3)17(19(23)20(21)24)15(22)8-6-12-5-4-10-27-12/h4-11,18,23H,1-3H3/b8-6+. The summed E-state index contributed by atoms with van der Waals surface area (Å²) in [4.78, 5) is 26.4. The molecule has 140 valence electrons. The Labute approximate surface area is 156 Å². The van der Waals surface area contributed by atoms with Gasteiger partial charge in [-0.25, -0.2) is 0 Å². The molecule has 0 aliphatic carbocycles. The van der Waals surface area contributed by atoms with Gasteiger partial charge in [-0.2, -0.15) is 0 Å². The van der Waals surface area contributed by atoms with Crippen LogP contribution in [0.15, 0.2) is 58.4 Å². The first-order valence-electron chi connectivity index (χ1n) is 8.16. The number of rotatable bonds is 6. The maximum Gasteiger partial charge on any atom is 0.289 e. The lowest BCUT2D eigenvalue weighted by Crippen LogP contribution is -2.27. The van der Waals surface area contributed by atoms with Crippen LogP contribution < -0.4 is 9.47 Å². The SMILES string of the molecule is COc1ccc(OC)c(C2C(C(=O)/C=C/c3ccco3)=C(O)C(=O)N2C)c1. The predicted molar refractivity (Wildman–Crippen MR) is 97.5 cm³/mol. The Morgan fingerprint density at radius 3 is 2.67 bits per heavy atom. The second kappa shape index (κ2) is 7.41. The molecule has 1 aromatic heterocycles. The normalized spacial score (nSPS) is 17.1. The third-order valence-corrected chi connectivity index (χ3v) is 4.38. The van der Waals surface area contributed by atoms with Gasteiger partial charge >= 0.3 is 0 Å². The smallest absolute Gasteiger partial charge is 0.289 e. The number of ether oxygens (including phenoxy) is 2. The third-order valence-electron chi connectivity index (χ3n) is 4.38. The van der Waals surface area contributed by atoms with E-state index in [-0.39, 0.29) is 5.57 Å². The molecule has 1 aliphatic rings. The van der Waals surface area contributed by atoms with Gasteiger partial charge in [0.2, 0.25) is 0 Å². The number of carbonyl (C=O) groups is 2. The Balaban J connectivity index is 2.05. The van der Waals surface area contributed by atoms with Crippen molar-refractivity contribution >= 4 is 17.8 Å². The Kier molecular flexibility index (Phi) is 5.03.